The molecule has 0 amide bonds. The number of rotatable bonds is 2. The van der Waals surface area contributed by atoms with Gasteiger partial charge in [0.1, 0.15) is 12.1 Å². The molecule has 1 aliphatic rings. The zero-order chi connectivity index (χ0) is 9.26. The van der Waals surface area contributed by atoms with Crippen molar-refractivity contribution in [2.24, 2.45) is 0 Å². The zero-order valence-electron chi connectivity index (χ0n) is 7.29. The molecule has 0 bridgehead atoms. The molecule has 2 heteroatoms. The van der Waals surface area contributed by atoms with Gasteiger partial charge >= 0.3 is 0 Å². The second-order valence-corrected chi connectivity index (χ2v) is 3.53. The smallest absolute Gasteiger partial charge is 0.150 e. The Labute approximate surface area is 76.6 Å². The summed E-state index contributed by atoms with van der Waals surface area (Å²) in [4.78, 5) is 10.4. The maximum atomic E-state index is 13.3. The molecule has 2 rings (SSSR count). The van der Waals surface area contributed by atoms with Gasteiger partial charge in [-0.05, 0) is 30.4 Å². The van der Waals surface area contributed by atoms with Crippen molar-refractivity contribution in [2.75, 3.05) is 0 Å². The minimum absolute atomic E-state index is 0.227. The van der Waals surface area contributed by atoms with E-state index >= 15 is 0 Å². The first-order valence-electron chi connectivity index (χ1n) is 4.56. The molecule has 0 aromatic heterocycles. The van der Waals surface area contributed by atoms with Gasteiger partial charge in [-0.1, -0.05) is 18.6 Å². The van der Waals surface area contributed by atoms with Gasteiger partial charge in [0.25, 0.3) is 0 Å². The average molecular weight is 178 g/mol. The first-order chi connectivity index (χ1) is 6.31. The van der Waals surface area contributed by atoms with Crippen LogP contribution in [0.2, 0.25) is 0 Å². The molecule has 1 fully saturated rings. The fraction of sp³-hybridized carbons (Fsp3) is 0.364. The van der Waals surface area contributed by atoms with Gasteiger partial charge in [-0.3, -0.25) is 4.79 Å². The molecule has 0 aliphatic heterocycles. The molecule has 0 heterocycles. The molecule has 68 valence electrons. The van der Waals surface area contributed by atoms with Crippen LogP contribution in [0.4, 0.5) is 4.39 Å². The molecule has 13 heavy (non-hydrogen) atoms. The Morgan fingerprint density at radius 3 is 2.62 bits per heavy atom. The summed E-state index contributed by atoms with van der Waals surface area (Å²) in [6, 6.07) is 4.74. The highest BCUT2D eigenvalue weighted by Gasteiger charge is 2.22. The van der Waals surface area contributed by atoms with Crippen molar-refractivity contribution in [3.05, 3.63) is 35.1 Å². The normalized spacial score (nSPS) is 16.7. The van der Waals surface area contributed by atoms with E-state index in [1.54, 1.807) is 12.1 Å². The van der Waals surface area contributed by atoms with Crippen molar-refractivity contribution in [3.8, 4) is 0 Å². The third-order valence-corrected chi connectivity index (χ3v) is 2.71. The summed E-state index contributed by atoms with van der Waals surface area (Å²) < 4.78 is 13.3. The fourth-order valence-electron chi connectivity index (χ4n) is 1.67. The van der Waals surface area contributed by atoms with Crippen LogP contribution in [0, 0.1) is 5.82 Å². The zero-order valence-corrected chi connectivity index (χ0v) is 7.29. The Hall–Kier alpha value is -1.18. The van der Waals surface area contributed by atoms with Gasteiger partial charge in [0.15, 0.2) is 0 Å². The molecule has 0 unspecified atom stereocenters. The second kappa shape index (κ2) is 3.29. The summed E-state index contributed by atoms with van der Waals surface area (Å²) in [5.74, 6) is 0.162. The van der Waals surface area contributed by atoms with E-state index in [1.807, 2.05) is 0 Å². The van der Waals surface area contributed by atoms with Gasteiger partial charge < -0.3 is 0 Å². The van der Waals surface area contributed by atoms with Crippen LogP contribution < -0.4 is 0 Å². The fourth-order valence-corrected chi connectivity index (χ4v) is 1.67. The molecule has 0 radical (unpaired) electrons. The van der Waals surface area contributed by atoms with E-state index in [-0.39, 0.29) is 5.82 Å². The molecule has 1 nitrogen and oxygen atoms in total. The maximum absolute atomic E-state index is 13.3. The van der Waals surface area contributed by atoms with E-state index in [2.05, 4.69) is 0 Å². The van der Waals surface area contributed by atoms with Crippen molar-refractivity contribution >= 4 is 6.29 Å². The molecular weight excluding hydrogens is 167 g/mol. The summed E-state index contributed by atoms with van der Waals surface area (Å²) in [6.45, 7) is 0. The van der Waals surface area contributed by atoms with Crippen LogP contribution >= 0.6 is 0 Å². The van der Waals surface area contributed by atoms with E-state index in [9.17, 15) is 9.18 Å². The van der Waals surface area contributed by atoms with E-state index in [0.29, 0.717) is 17.8 Å². The molecule has 0 spiro atoms. The van der Waals surface area contributed by atoms with Crippen molar-refractivity contribution in [2.45, 2.75) is 25.2 Å². The van der Waals surface area contributed by atoms with Crippen LogP contribution in [0.3, 0.4) is 0 Å². The van der Waals surface area contributed by atoms with Crippen molar-refractivity contribution in [1.82, 2.24) is 0 Å². The van der Waals surface area contributed by atoms with Crippen molar-refractivity contribution in [3.63, 3.8) is 0 Å². The quantitative estimate of drug-likeness (QED) is 0.636. The van der Waals surface area contributed by atoms with Crippen molar-refractivity contribution in [1.29, 1.82) is 0 Å². The van der Waals surface area contributed by atoms with Crippen LogP contribution in [0.15, 0.2) is 18.2 Å². The maximum Gasteiger partial charge on any atom is 0.150 e. The summed E-state index contributed by atoms with van der Waals surface area (Å²) in [5, 5.41) is 0. The van der Waals surface area contributed by atoms with Crippen LogP contribution in [-0.2, 0) is 0 Å². The van der Waals surface area contributed by atoms with E-state index < -0.39 is 0 Å². The highest BCUT2D eigenvalue weighted by Crippen LogP contribution is 2.37. The van der Waals surface area contributed by atoms with Gasteiger partial charge in [0.2, 0.25) is 0 Å². The monoisotopic (exact) mass is 178 g/mol. The molecule has 0 atom stereocenters. The van der Waals surface area contributed by atoms with Gasteiger partial charge in [0.05, 0.1) is 0 Å². The summed E-state index contributed by atoms with van der Waals surface area (Å²) >= 11 is 0. The van der Waals surface area contributed by atoms with E-state index in [4.69, 9.17) is 0 Å². The third kappa shape index (κ3) is 1.48. The lowest BCUT2D eigenvalue weighted by atomic mass is 9.79. The van der Waals surface area contributed by atoms with Gasteiger partial charge in [-0.15, -0.1) is 0 Å². The number of benzene rings is 1. The van der Waals surface area contributed by atoms with Gasteiger partial charge in [-0.2, -0.15) is 0 Å². The molecule has 1 aromatic carbocycles. The Bertz CT molecular complexity index is 329. The van der Waals surface area contributed by atoms with Gasteiger partial charge in [0, 0.05) is 5.56 Å². The highest BCUT2D eigenvalue weighted by molar-refractivity contribution is 5.74. The number of carbonyl (C=O) groups is 1. The van der Waals surface area contributed by atoms with Crippen LogP contribution in [-0.4, -0.2) is 6.29 Å². The summed E-state index contributed by atoms with van der Waals surface area (Å²) in [6.07, 6.45) is 4.03. The Balaban J connectivity index is 2.31. The number of hydrogen-bond donors (Lipinski definition) is 0. The van der Waals surface area contributed by atoms with Crippen LogP contribution in [0.5, 0.6) is 0 Å². The minimum Gasteiger partial charge on any atom is -0.298 e. The first kappa shape index (κ1) is 8.42. The number of halogens is 1. The number of aldehydes is 1. The predicted molar refractivity (Wildman–Crippen MR) is 48.4 cm³/mol. The van der Waals surface area contributed by atoms with E-state index in [1.165, 1.54) is 12.5 Å². The molecule has 1 aliphatic carbocycles. The largest absolute Gasteiger partial charge is 0.298 e. The first-order valence-corrected chi connectivity index (χ1v) is 4.56. The molecule has 0 saturated heterocycles. The lowest BCUT2D eigenvalue weighted by Gasteiger charge is -2.26. The summed E-state index contributed by atoms with van der Waals surface area (Å²) in [5.41, 5.74) is 1.19. The number of carbonyl (C=O) groups excluding carboxylic acids is 1. The summed E-state index contributed by atoms with van der Waals surface area (Å²) in [7, 11) is 0. The standard InChI is InChI=1S/C11H11FO/c12-11-6-8(7-13)4-5-10(11)9-2-1-3-9/h4-7,9H,1-3H2. The molecular formula is C11H11FO. The SMILES string of the molecule is O=Cc1ccc(C2CCC2)c(F)c1. The van der Waals surface area contributed by atoms with Gasteiger partial charge in [-0.25, -0.2) is 4.39 Å². The lowest BCUT2D eigenvalue weighted by molar-refractivity contribution is 0.112. The molecule has 1 aromatic rings. The minimum atomic E-state index is -0.227. The topological polar surface area (TPSA) is 17.1 Å². The van der Waals surface area contributed by atoms with Crippen LogP contribution in [0.25, 0.3) is 0 Å². The second-order valence-electron chi connectivity index (χ2n) is 3.53. The average Bonchev–Trinajstić information content (AvgIpc) is 2.05. The van der Waals surface area contributed by atoms with E-state index in [0.717, 1.165) is 18.4 Å². The lowest BCUT2D eigenvalue weighted by Crippen LogP contribution is -2.10. The molecule has 0 N–H and O–H groups in total. The predicted octanol–water partition coefficient (Wildman–Crippen LogP) is 2.91. The van der Waals surface area contributed by atoms with Crippen LogP contribution in [0.1, 0.15) is 41.1 Å². The third-order valence-electron chi connectivity index (χ3n) is 2.71. The Morgan fingerprint density at radius 2 is 2.15 bits per heavy atom. The number of hydrogen-bond acceptors (Lipinski definition) is 1. The Kier molecular flexibility index (Phi) is 2.13. The Morgan fingerprint density at radius 1 is 1.38 bits per heavy atom. The van der Waals surface area contributed by atoms with Crippen molar-refractivity contribution < 1.29 is 9.18 Å². The highest BCUT2D eigenvalue weighted by atomic mass is 19.1. The molecule has 1 saturated carbocycles.